The number of nitrogens with one attached hydrogen (secondary N) is 2. The van der Waals surface area contributed by atoms with Crippen LogP contribution in [0.2, 0.25) is 10.0 Å². The summed E-state index contributed by atoms with van der Waals surface area (Å²) < 4.78 is 0. The van der Waals surface area contributed by atoms with Crippen LogP contribution in [-0.4, -0.2) is 11.8 Å². The molecule has 25 heavy (non-hydrogen) atoms. The Balaban J connectivity index is 2.05. The van der Waals surface area contributed by atoms with Crippen LogP contribution in [-0.2, 0) is 9.59 Å². The third kappa shape index (κ3) is 5.76. The molecule has 4 nitrogen and oxygen atoms in total. The van der Waals surface area contributed by atoms with E-state index >= 15 is 0 Å². The van der Waals surface area contributed by atoms with Crippen molar-refractivity contribution >= 4 is 35.0 Å². The third-order valence-electron chi connectivity index (χ3n) is 3.79. The lowest BCUT2D eigenvalue weighted by molar-refractivity contribution is -0.123. The van der Waals surface area contributed by atoms with Crippen molar-refractivity contribution in [2.24, 2.45) is 0 Å². The highest BCUT2D eigenvalue weighted by Crippen LogP contribution is 2.26. The number of rotatable bonds is 6. The first-order valence-electron chi connectivity index (χ1n) is 7.93. The lowest BCUT2D eigenvalue weighted by atomic mass is 10.0. The molecule has 0 aliphatic rings. The molecular formula is C19H20Cl2N2O2. The molecule has 0 radical (unpaired) electrons. The number of halogens is 2. The summed E-state index contributed by atoms with van der Waals surface area (Å²) in [5.41, 5.74) is 1.74. The largest absolute Gasteiger partial charge is 0.350 e. The van der Waals surface area contributed by atoms with Gasteiger partial charge in [0.2, 0.25) is 11.8 Å². The van der Waals surface area contributed by atoms with E-state index in [1.165, 1.54) is 6.92 Å². The maximum Gasteiger partial charge on any atom is 0.222 e. The van der Waals surface area contributed by atoms with Crippen LogP contribution in [0.25, 0.3) is 0 Å². The Morgan fingerprint density at radius 3 is 2.24 bits per heavy atom. The summed E-state index contributed by atoms with van der Waals surface area (Å²) in [6.07, 6.45) is 0.148. The molecule has 6 heteroatoms. The molecule has 2 aromatic carbocycles. The van der Waals surface area contributed by atoms with Gasteiger partial charge in [-0.15, -0.1) is 0 Å². The van der Waals surface area contributed by atoms with Gasteiger partial charge in [0.1, 0.15) is 0 Å². The second-order valence-electron chi connectivity index (χ2n) is 5.83. The molecule has 0 bridgehead atoms. The average Bonchev–Trinajstić information content (AvgIpc) is 2.57. The first-order valence-corrected chi connectivity index (χ1v) is 8.68. The van der Waals surface area contributed by atoms with Gasteiger partial charge in [-0.2, -0.15) is 0 Å². The zero-order valence-corrected chi connectivity index (χ0v) is 15.6. The van der Waals surface area contributed by atoms with E-state index in [9.17, 15) is 9.59 Å². The zero-order valence-electron chi connectivity index (χ0n) is 14.1. The molecule has 0 saturated heterocycles. The van der Waals surface area contributed by atoms with Gasteiger partial charge in [0.05, 0.1) is 28.5 Å². The van der Waals surface area contributed by atoms with Crippen LogP contribution >= 0.6 is 23.2 Å². The molecule has 0 fully saturated rings. The van der Waals surface area contributed by atoms with Gasteiger partial charge < -0.3 is 10.6 Å². The minimum atomic E-state index is -0.375. The molecule has 0 spiro atoms. The minimum absolute atomic E-state index is 0.148. The Bertz CT molecular complexity index is 750. The van der Waals surface area contributed by atoms with E-state index < -0.39 is 0 Å². The second-order valence-corrected chi connectivity index (χ2v) is 6.65. The van der Waals surface area contributed by atoms with Crippen LogP contribution in [0.15, 0.2) is 48.5 Å². The molecule has 0 saturated carbocycles. The Morgan fingerprint density at radius 2 is 1.64 bits per heavy atom. The van der Waals surface area contributed by atoms with Crippen LogP contribution < -0.4 is 10.6 Å². The highest BCUT2D eigenvalue weighted by Gasteiger charge is 2.18. The molecule has 2 amide bonds. The lowest BCUT2D eigenvalue weighted by Gasteiger charge is -2.20. The fraction of sp³-hybridized carbons (Fsp3) is 0.263. The summed E-state index contributed by atoms with van der Waals surface area (Å²) in [4.78, 5) is 23.9. The van der Waals surface area contributed by atoms with Gasteiger partial charge in [0.15, 0.2) is 0 Å². The van der Waals surface area contributed by atoms with Crippen LogP contribution in [0.5, 0.6) is 0 Å². The first-order chi connectivity index (χ1) is 11.9. The number of carbonyl (C=O) groups excluding carboxylic acids is 2. The van der Waals surface area contributed by atoms with E-state index in [0.29, 0.717) is 10.0 Å². The number of carbonyl (C=O) groups is 2. The SMILES string of the molecule is CC(=O)NC(CC(=O)NC(C)c1ccc(Cl)c(Cl)c1)c1ccccc1. The molecule has 2 N–H and O–H groups in total. The first kappa shape index (κ1) is 19.3. The Morgan fingerprint density at radius 1 is 0.960 bits per heavy atom. The smallest absolute Gasteiger partial charge is 0.222 e. The van der Waals surface area contributed by atoms with Crippen molar-refractivity contribution in [1.82, 2.24) is 10.6 Å². The average molecular weight is 379 g/mol. The molecule has 2 aromatic rings. The minimum Gasteiger partial charge on any atom is -0.350 e. The van der Waals surface area contributed by atoms with Crippen molar-refractivity contribution in [3.05, 3.63) is 69.7 Å². The van der Waals surface area contributed by atoms with Gasteiger partial charge in [0, 0.05) is 6.92 Å². The number of hydrogen-bond acceptors (Lipinski definition) is 2. The van der Waals surface area contributed by atoms with Gasteiger partial charge in [-0.3, -0.25) is 9.59 Å². The van der Waals surface area contributed by atoms with Gasteiger partial charge in [0.25, 0.3) is 0 Å². The maximum atomic E-state index is 12.4. The molecule has 2 rings (SSSR count). The number of hydrogen-bond donors (Lipinski definition) is 2. The molecule has 2 unspecified atom stereocenters. The van der Waals surface area contributed by atoms with Crippen molar-refractivity contribution in [2.75, 3.05) is 0 Å². The standard InChI is InChI=1S/C19H20Cl2N2O2/c1-12(15-8-9-16(20)17(21)10-15)22-19(25)11-18(23-13(2)24)14-6-4-3-5-7-14/h3-10,12,18H,11H2,1-2H3,(H,22,25)(H,23,24). The summed E-state index contributed by atoms with van der Waals surface area (Å²) in [5.74, 6) is -0.347. The molecule has 132 valence electrons. The molecule has 2 atom stereocenters. The fourth-order valence-electron chi connectivity index (χ4n) is 2.53. The van der Waals surface area contributed by atoms with Crippen LogP contribution in [0.3, 0.4) is 0 Å². The van der Waals surface area contributed by atoms with Gasteiger partial charge in [-0.05, 0) is 30.2 Å². The van der Waals surface area contributed by atoms with Crippen LogP contribution in [0.1, 0.15) is 43.5 Å². The molecular weight excluding hydrogens is 359 g/mol. The van der Waals surface area contributed by atoms with E-state index in [0.717, 1.165) is 11.1 Å². The third-order valence-corrected chi connectivity index (χ3v) is 4.53. The predicted molar refractivity (Wildman–Crippen MR) is 101 cm³/mol. The normalized spacial score (nSPS) is 13.0. The number of amides is 2. The number of benzene rings is 2. The summed E-state index contributed by atoms with van der Waals surface area (Å²) in [6.45, 7) is 3.31. The molecule has 0 aromatic heterocycles. The van der Waals surface area contributed by atoms with Gasteiger partial charge in [-0.25, -0.2) is 0 Å². The second kappa shape index (κ2) is 8.88. The van der Waals surface area contributed by atoms with Crippen molar-refractivity contribution in [3.8, 4) is 0 Å². The summed E-state index contributed by atoms with van der Waals surface area (Å²) in [6, 6.07) is 14.1. The molecule has 0 heterocycles. The Labute approximate surface area is 157 Å². The van der Waals surface area contributed by atoms with Gasteiger partial charge >= 0.3 is 0 Å². The topological polar surface area (TPSA) is 58.2 Å². The summed E-state index contributed by atoms with van der Waals surface area (Å²) in [5, 5.41) is 6.66. The highest BCUT2D eigenvalue weighted by atomic mass is 35.5. The van der Waals surface area contributed by atoms with E-state index in [1.807, 2.05) is 43.3 Å². The summed E-state index contributed by atoms with van der Waals surface area (Å²) in [7, 11) is 0. The van der Waals surface area contributed by atoms with E-state index in [-0.39, 0.29) is 30.3 Å². The van der Waals surface area contributed by atoms with E-state index in [4.69, 9.17) is 23.2 Å². The van der Waals surface area contributed by atoms with Crippen molar-refractivity contribution in [2.45, 2.75) is 32.4 Å². The van der Waals surface area contributed by atoms with Crippen molar-refractivity contribution in [1.29, 1.82) is 0 Å². The fourth-order valence-corrected chi connectivity index (χ4v) is 2.84. The van der Waals surface area contributed by atoms with Crippen molar-refractivity contribution in [3.63, 3.8) is 0 Å². The predicted octanol–water partition coefficient (Wildman–Crippen LogP) is 4.44. The van der Waals surface area contributed by atoms with Crippen LogP contribution in [0, 0.1) is 0 Å². The maximum absolute atomic E-state index is 12.4. The quantitative estimate of drug-likeness (QED) is 0.780. The Kier molecular flexibility index (Phi) is 6.85. The van der Waals surface area contributed by atoms with Crippen molar-refractivity contribution < 1.29 is 9.59 Å². The zero-order chi connectivity index (χ0) is 18.4. The molecule has 0 aliphatic heterocycles. The highest BCUT2D eigenvalue weighted by molar-refractivity contribution is 6.42. The van der Waals surface area contributed by atoms with E-state index in [2.05, 4.69) is 10.6 Å². The van der Waals surface area contributed by atoms with Crippen LogP contribution in [0.4, 0.5) is 0 Å². The monoisotopic (exact) mass is 378 g/mol. The lowest BCUT2D eigenvalue weighted by Crippen LogP contribution is -2.33. The molecule has 0 aliphatic carbocycles. The van der Waals surface area contributed by atoms with Gasteiger partial charge in [-0.1, -0.05) is 59.6 Å². The Hall–Kier alpha value is -2.04. The van der Waals surface area contributed by atoms with E-state index in [1.54, 1.807) is 12.1 Å². The summed E-state index contributed by atoms with van der Waals surface area (Å²) >= 11 is 11.9.